The van der Waals surface area contributed by atoms with Crippen LogP contribution in [0, 0.1) is 0 Å². The third-order valence-corrected chi connectivity index (χ3v) is 4.94. The summed E-state index contributed by atoms with van der Waals surface area (Å²) >= 11 is 6.16. The van der Waals surface area contributed by atoms with E-state index in [0.717, 1.165) is 33.5 Å². The molecule has 5 rings (SSSR count). The van der Waals surface area contributed by atoms with Crippen LogP contribution in [0.1, 0.15) is 0 Å². The average Bonchev–Trinajstić information content (AvgIpc) is 3.19. The lowest BCUT2D eigenvalue weighted by Crippen LogP contribution is -1.93. The molecule has 2 heterocycles. The van der Waals surface area contributed by atoms with Crippen molar-refractivity contribution in [2.75, 3.05) is 0 Å². The number of halogens is 1. The van der Waals surface area contributed by atoms with Gasteiger partial charge in [-0.2, -0.15) is 0 Å². The summed E-state index contributed by atoms with van der Waals surface area (Å²) in [5, 5.41) is 5.41. The molecule has 134 valence electrons. The summed E-state index contributed by atoms with van der Waals surface area (Å²) in [5.41, 5.74) is 6.10. The molecule has 0 aliphatic heterocycles. The molecule has 0 amide bonds. The molecule has 0 radical (unpaired) electrons. The highest BCUT2D eigenvalue weighted by molar-refractivity contribution is 6.30. The van der Waals surface area contributed by atoms with Gasteiger partial charge in [-0.1, -0.05) is 84.4 Å². The number of aromatic nitrogens is 3. The highest BCUT2D eigenvalue weighted by Gasteiger charge is 2.14. The standard InChI is InChI=1S/C24H16ClN3/c25-21-13-7-12-19(14-21)23-26-24-22(18-10-5-2-6-11-18)15-20(16-28(24)27-23)17-8-3-1-4-9-17/h1-16H. The Labute approximate surface area is 167 Å². The Bertz CT molecular complexity index is 1260. The third kappa shape index (κ3) is 3.06. The van der Waals surface area contributed by atoms with Gasteiger partial charge in [-0.05, 0) is 29.3 Å². The Morgan fingerprint density at radius 3 is 2.04 bits per heavy atom. The van der Waals surface area contributed by atoms with Gasteiger partial charge in [-0.15, -0.1) is 5.10 Å². The first-order valence-electron chi connectivity index (χ1n) is 9.05. The van der Waals surface area contributed by atoms with Crippen LogP contribution in [-0.2, 0) is 0 Å². The minimum Gasteiger partial charge on any atom is -0.219 e. The van der Waals surface area contributed by atoms with Crippen LogP contribution < -0.4 is 0 Å². The zero-order chi connectivity index (χ0) is 18.9. The Morgan fingerprint density at radius 1 is 0.643 bits per heavy atom. The summed E-state index contributed by atoms with van der Waals surface area (Å²) in [5.74, 6) is 0.657. The van der Waals surface area contributed by atoms with Gasteiger partial charge in [0, 0.05) is 27.9 Å². The number of hydrogen-bond donors (Lipinski definition) is 0. The van der Waals surface area contributed by atoms with Gasteiger partial charge in [0.15, 0.2) is 11.5 Å². The molecule has 0 fully saturated rings. The minimum absolute atomic E-state index is 0.657. The van der Waals surface area contributed by atoms with E-state index in [0.29, 0.717) is 10.8 Å². The van der Waals surface area contributed by atoms with Crippen molar-refractivity contribution in [3.05, 3.63) is 102 Å². The molecule has 0 spiro atoms. The lowest BCUT2D eigenvalue weighted by atomic mass is 10.0. The van der Waals surface area contributed by atoms with Gasteiger partial charge in [-0.3, -0.25) is 0 Å². The quantitative estimate of drug-likeness (QED) is 0.362. The summed E-state index contributed by atoms with van der Waals surface area (Å²) < 4.78 is 1.86. The summed E-state index contributed by atoms with van der Waals surface area (Å²) in [4.78, 5) is 4.83. The van der Waals surface area contributed by atoms with Gasteiger partial charge >= 0.3 is 0 Å². The van der Waals surface area contributed by atoms with E-state index in [1.807, 2.05) is 71.4 Å². The molecule has 0 aliphatic carbocycles. The predicted molar refractivity (Wildman–Crippen MR) is 114 cm³/mol. The number of fused-ring (bicyclic) bond motifs is 1. The highest BCUT2D eigenvalue weighted by Crippen LogP contribution is 2.31. The van der Waals surface area contributed by atoms with Crippen LogP contribution in [0.15, 0.2) is 97.2 Å². The van der Waals surface area contributed by atoms with Gasteiger partial charge in [0.25, 0.3) is 0 Å². The fourth-order valence-corrected chi connectivity index (χ4v) is 3.54. The topological polar surface area (TPSA) is 30.2 Å². The number of pyridine rings is 1. The van der Waals surface area contributed by atoms with Gasteiger partial charge in [0.05, 0.1) is 0 Å². The van der Waals surface area contributed by atoms with E-state index >= 15 is 0 Å². The van der Waals surface area contributed by atoms with Crippen molar-refractivity contribution in [2.45, 2.75) is 0 Å². The first kappa shape index (κ1) is 16.7. The second-order valence-electron chi connectivity index (χ2n) is 6.59. The smallest absolute Gasteiger partial charge is 0.182 e. The van der Waals surface area contributed by atoms with Crippen LogP contribution in [0.25, 0.3) is 39.3 Å². The highest BCUT2D eigenvalue weighted by atomic mass is 35.5. The van der Waals surface area contributed by atoms with Crippen molar-refractivity contribution in [3.63, 3.8) is 0 Å². The van der Waals surface area contributed by atoms with Crippen molar-refractivity contribution in [1.82, 2.24) is 14.6 Å². The Kier molecular flexibility index (Phi) is 4.15. The van der Waals surface area contributed by atoms with Crippen molar-refractivity contribution in [2.24, 2.45) is 0 Å². The summed E-state index contributed by atoms with van der Waals surface area (Å²) in [6.07, 6.45) is 2.03. The van der Waals surface area contributed by atoms with E-state index in [-0.39, 0.29) is 0 Å². The van der Waals surface area contributed by atoms with Crippen LogP contribution in [0.2, 0.25) is 5.02 Å². The van der Waals surface area contributed by atoms with E-state index in [2.05, 4.69) is 30.3 Å². The van der Waals surface area contributed by atoms with Crippen molar-refractivity contribution >= 4 is 17.2 Å². The molecular weight excluding hydrogens is 366 g/mol. The molecule has 0 N–H and O–H groups in total. The van der Waals surface area contributed by atoms with Gasteiger partial charge < -0.3 is 0 Å². The fraction of sp³-hybridized carbons (Fsp3) is 0. The first-order valence-corrected chi connectivity index (χ1v) is 9.43. The Hall–Kier alpha value is -3.43. The first-order chi connectivity index (χ1) is 13.8. The largest absolute Gasteiger partial charge is 0.219 e. The number of benzene rings is 3. The number of rotatable bonds is 3. The molecule has 0 saturated carbocycles. The molecule has 0 bridgehead atoms. The van der Waals surface area contributed by atoms with Crippen molar-refractivity contribution < 1.29 is 0 Å². The Morgan fingerprint density at radius 2 is 1.32 bits per heavy atom. The molecule has 28 heavy (non-hydrogen) atoms. The molecular formula is C24H16ClN3. The van der Waals surface area contributed by atoms with Gasteiger partial charge in [0.1, 0.15) is 0 Å². The maximum Gasteiger partial charge on any atom is 0.182 e. The fourth-order valence-electron chi connectivity index (χ4n) is 3.35. The zero-order valence-corrected chi connectivity index (χ0v) is 15.7. The summed E-state index contributed by atoms with van der Waals surface area (Å²) in [6.45, 7) is 0. The van der Waals surface area contributed by atoms with Crippen LogP contribution in [0.3, 0.4) is 0 Å². The predicted octanol–water partition coefficient (Wildman–Crippen LogP) is 6.38. The molecule has 0 aliphatic rings. The minimum atomic E-state index is 0.657. The second-order valence-corrected chi connectivity index (χ2v) is 7.02. The van der Waals surface area contributed by atoms with Crippen LogP contribution in [-0.4, -0.2) is 14.6 Å². The number of hydrogen-bond acceptors (Lipinski definition) is 2. The average molecular weight is 382 g/mol. The normalized spacial score (nSPS) is 11.0. The SMILES string of the molecule is Clc1cccc(-c2nc3c(-c4ccccc4)cc(-c4ccccc4)cn3n2)c1. The van der Waals surface area contributed by atoms with Crippen molar-refractivity contribution in [3.8, 4) is 33.6 Å². The third-order valence-electron chi connectivity index (χ3n) is 4.71. The lowest BCUT2D eigenvalue weighted by Gasteiger charge is -2.08. The van der Waals surface area contributed by atoms with E-state index in [9.17, 15) is 0 Å². The van der Waals surface area contributed by atoms with Crippen LogP contribution in [0.5, 0.6) is 0 Å². The second kappa shape index (κ2) is 6.95. The van der Waals surface area contributed by atoms with Gasteiger partial charge in [-0.25, -0.2) is 9.50 Å². The van der Waals surface area contributed by atoms with Crippen LogP contribution in [0.4, 0.5) is 0 Å². The maximum absolute atomic E-state index is 6.16. The molecule has 3 aromatic carbocycles. The van der Waals surface area contributed by atoms with Gasteiger partial charge in [0.2, 0.25) is 0 Å². The molecule has 5 aromatic rings. The number of nitrogens with zero attached hydrogens (tertiary/aromatic N) is 3. The van der Waals surface area contributed by atoms with E-state index in [4.69, 9.17) is 21.7 Å². The summed E-state index contributed by atoms with van der Waals surface area (Å²) in [6, 6.07) is 30.4. The molecule has 3 nitrogen and oxygen atoms in total. The van der Waals surface area contributed by atoms with Crippen molar-refractivity contribution in [1.29, 1.82) is 0 Å². The summed E-state index contributed by atoms with van der Waals surface area (Å²) in [7, 11) is 0. The zero-order valence-electron chi connectivity index (χ0n) is 15.0. The van der Waals surface area contributed by atoms with E-state index in [1.165, 1.54) is 0 Å². The molecule has 0 saturated heterocycles. The van der Waals surface area contributed by atoms with E-state index in [1.54, 1.807) is 0 Å². The molecule has 0 atom stereocenters. The van der Waals surface area contributed by atoms with Crippen LogP contribution >= 0.6 is 11.6 Å². The monoisotopic (exact) mass is 381 g/mol. The Balaban J connectivity index is 1.77. The molecule has 0 unspecified atom stereocenters. The maximum atomic E-state index is 6.16. The van der Waals surface area contributed by atoms with E-state index < -0.39 is 0 Å². The molecule has 2 aromatic heterocycles. The lowest BCUT2D eigenvalue weighted by molar-refractivity contribution is 0.968. The molecule has 4 heteroatoms.